The van der Waals surface area contributed by atoms with Crippen molar-refractivity contribution in [2.75, 3.05) is 0 Å². The second kappa shape index (κ2) is 29.3. The first-order valence-electron chi connectivity index (χ1n) is 10.7. The van der Waals surface area contributed by atoms with Crippen molar-refractivity contribution < 1.29 is 29.7 Å². The van der Waals surface area contributed by atoms with Crippen LogP contribution in [0.5, 0.6) is 0 Å². The topological polar surface area (TPSA) is 112 Å². The Balaban J connectivity index is -0.000000430. The third-order valence-electron chi connectivity index (χ3n) is 3.85. The van der Waals surface area contributed by atoms with Crippen molar-refractivity contribution in [3.63, 3.8) is 0 Å². The molecule has 3 N–H and O–H groups in total. The van der Waals surface area contributed by atoms with Gasteiger partial charge < -0.3 is 15.3 Å². The Morgan fingerprint density at radius 3 is 1.32 bits per heavy atom. The standard InChI is InChI=1S/C12H18O4.C8H14.C3H4O2.C2H4/c13-11(14)9-7-5-3-1-2-4-6-8-10-12(15)16;1-2-4-6-8-7-5-3-1;1-2-3(4)5;1-2/h7-10H,1-6H2,(H,13,14)(H,15,16);1-2H,3-8H2;2H,1H2,(H,4,5);1-2H2. The maximum Gasteiger partial charge on any atom is 0.327 e. The lowest BCUT2D eigenvalue weighted by Gasteiger charge is -2.00. The van der Waals surface area contributed by atoms with E-state index in [0.29, 0.717) is 0 Å². The molecule has 0 saturated heterocycles. The normalized spacial score (nSPS) is 12.6. The number of aliphatic carboxylic acids is 3. The number of carbonyl (C=O) groups is 3. The van der Waals surface area contributed by atoms with Crippen LogP contribution < -0.4 is 0 Å². The van der Waals surface area contributed by atoms with E-state index in [4.69, 9.17) is 15.3 Å². The molecule has 1 aliphatic rings. The first-order valence-corrected chi connectivity index (χ1v) is 10.7. The molecule has 0 atom stereocenters. The summed E-state index contributed by atoms with van der Waals surface area (Å²) in [5, 5.41) is 24.2. The van der Waals surface area contributed by atoms with Gasteiger partial charge in [-0.3, -0.25) is 0 Å². The summed E-state index contributed by atoms with van der Waals surface area (Å²) >= 11 is 0. The largest absolute Gasteiger partial charge is 0.478 e. The number of hydrogen-bond donors (Lipinski definition) is 3. The van der Waals surface area contributed by atoms with Gasteiger partial charge in [0.05, 0.1) is 0 Å². The van der Waals surface area contributed by atoms with E-state index >= 15 is 0 Å². The fourth-order valence-corrected chi connectivity index (χ4v) is 2.36. The number of unbranched alkanes of at least 4 members (excludes halogenated alkanes) is 5. The summed E-state index contributed by atoms with van der Waals surface area (Å²) in [6.07, 6.45) is 25.1. The van der Waals surface area contributed by atoms with E-state index in [0.717, 1.165) is 56.8 Å². The van der Waals surface area contributed by atoms with Crippen molar-refractivity contribution in [2.45, 2.75) is 77.0 Å². The molecule has 0 aromatic rings. The number of carboxylic acid groups (broad SMARTS) is 3. The number of allylic oxidation sites excluding steroid dienone is 4. The molecule has 0 aromatic heterocycles. The third kappa shape index (κ3) is 42.3. The predicted octanol–water partition coefficient (Wildman–Crippen LogP) is 6.56. The van der Waals surface area contributed by atoms with Crippen LogP contribution in [0.15, 0.2) is 62.3 Å². The highest BCUT2D eigenvalue weighted by Crippen LogP contribution is 2.10. The van der Waals surface area contributed by atoms with Gasteiger partial charge in [0.25, 0.3) is 0 Å². The molecule has 0 fully saturated rings. The molecule has 6 heteroatoms. The van der Waals surface area contributed by atoms with E-state index < -0.39 is 17.9 Å². The molecule has 0 aliphatic heterocycles. The van der Waals surface area contributed by atoms with Gasteiger partial charge in [-0.05, 0) is 51.4 Å². The van der Waals surface area contributed by atoms with Gasteiger partial charge in [-0.25, -0.2) is 14.4 Å². The Bertz CT molecular complexity index is 508. The Labute approximate surface area is 187 Å². The third-order valence-corrected chi connectivity index (χ3v) is 3.85. The SMILES string of the molecule is C1=CCCCCCC1.C=C.C=CC(=O)O.O=C(O)C=CCCCCCCC=CC(=O)O. The zero-order valence-corrected chi connectivity index (χ0v) is 18.7. The maximum atomic E-state index is 10.1. The summed E-state index contributed by atoms with van der Waals surface area (Å²) in [6.45, 7) is 8.96. The van der Waals surface area contributed by atoms with E-state index in [1.165, 1.54) is 38.5 Å². The summed E-state index contributed by atoms with van der Waals surface area (Å²) in [4.78, 5) is 29.5. The first-order chi connectivity index (χ1) is 14.9. The summed E-state index contributed by atoms with van der Waals surface area (Å²) in [5.41, 5.74) is 0. The molecule has 1 rings (SSSR count). The molecule has 0 saturated carbocycles. The van der Waals surface area contributed by atoms with Crippen LogP contribution in [0.25, 0.3) is 0 Å². The van der Waals surface area contributed by atoms with Crippen LogP contribution in [-0.4, -0.2) is 33.2 Å². The summed E-state index contributed by atoms with van der Waals surface area (Å²) in [6, 6.07) is 0. The van der Waals surface area contributed by atoms with Gasteiger partial charge in [0.15, 0.2) is 0 Å². The van der Waals surface area contributed by atoms with E-state index in [1.807, 2.05) is 0 Å². The molecule has 0 amide bonds. The van der Waals surface area contributed by atoms with E-state index in [9.17, 15) is 14.4 Å². The molecule has 31 heavy (non-hydrogen) atoms. The van der Waals surface area contributed by atoms with Crippen LogP contribution in [0.2, 0.25) is 0 Å². The zero-order chi connectivity index (χ0) is 24.2. The average Bonchev–Trinajstić information content (AvgIpc) is 2.71. The Kier molecular flexibility index (Phi) is 31.0. The first kappa shape index (κ1) is 32.8. The van der Waals surface area contributed by atoms with Crippen LogP contribution in [0, 0.1) is 0 Å². The molecular formula is C25H40O6. The Morgan fingerprint density at radius 1 is 0.677 bits per heavy atom. The summed E-state index contributed by atoms with van der Waals surface area (Å²) < 4.78 is 0. The fourth-order valence-electron chi connectivity index (χ4n) is 2.36. The predicted molar refractivity (Wildman–Crippen MR) is 127 cm³/mol. The Morgan fingerprint density at radius 2 is 1.03 bits per heavy atom. The van der Waals surface area contributed by atoms with E-state index in [1.54, 1.807) is 12.2 Å². The van der Waals surface area contributed by atoms with Crippen LogP contribution in [0.1, 0.15) is 77.0 Å². The molecule has 0 bridgehead atoms. The van der Waals surface area contributed by atoms with E-state index in [-0.39, 0.29) is 0 Å². The highest BCUT2D eigenvalue weighted by Gasteiger charge is 1.91. The van der Waals surface area contributed by atoms with E-state index in [2.05, 4.69) is 31.9 Å². The monoisotopic (exact) mass is 436 g/mol. The molecule has 0 spiro atoms. The number of hydrogen-bond acceptors (Lipinski definition) is 3. The highest BCUT2D eigenvalue weighted by atomic mass is 16.4. The lowest BCUT2D eigenvalue weighted by atomic mass is 10.1. The van der Waals surface area contributed by atoms with Crippen LogP contribution in [0.4, 0.5) is 0 Å². The van der Waals surface area contributed by atoms with Gasteiger partial charge in [-0.1, -0.05) is 56.6 Å². The number of carboxylic acids is 3. The van der Waals surface area contributed by atoms with Gasteiger partial charge in [0.2, 0.25) is 0 Å². The summed E-state index contributed by atoms with van der Waals surface area (Å²) in [7, 11) is 0. The van der Waals surface area contributed by atoms with Crippen LogP contribution >= 0.6 is 0 Å². The molecule has 6 nitrogen and oxygen atoms in total. The average molecular weight is 437 g/mol. The van der Waals surface area contributed by atoms with Gasteiger partial charge >= 0.3 is 17.9 Å². The second-order valence-electron chi connectivity index (χ2n) is 6.48. The lowest BCUT2D eigenvalue weighted by molar-refractivity contribution is -0.132. The molecule has 0 heterocycles. The van der Waals surface area contributed by atoms with Gasteiger partial charge in [0.1, 0.15) is 0 Å². The minimum Gasteiger partial charge on any atom is -0.478 e. The second-order valence-corrected chi connectivity index (χ2v) is 6.48. The van der Waals surface area contributed by atoms with Gasteiger partial charge in [-0.15, -0.1) is 13.2 Å². The van der Waals surface area contributed by atoms with Crippen molar-refractivity contribution in [3.05, 3.63) is 62.3 Å². The molecule has 0 unspecified atom stereocenters. The van der Waals surface area contributed by atoms with Crippen LogP contribution in [-0.2, 0) is 14.4 Å². The van der Waals surface area contributed by atoms with Gasteiger partial charge in [-0.2, -0.15) is 0 Å². The smallest absolute Gasteiger partial charge is 0.327 e. The van der Waals surface area contributed by atoms with Gasteiger partial charge in [0, 0.05) is 18.2 Å². The fraction of sp³-hybridized carbons (Fsp3) is 0.480. The van der Waals surface area contributed by atoms with Crippen LogP contribution in [0.3, 0.4) is 0 Å². The molecule has 0 radical (unpaired) electrons. The maximum absolute atomic E-state index is 10.1. The van der Waals surface area contributed by atoms with Crippen molar-refractivity contribution in [1.82, 2.24) is 0 Å². The Hall–Kier alpha value is -2.89. The zero-order valence-electron chi connectivity index (χ0n) is 18.7. The van der Waals surface area contributed by atoms with Crippen molar-refractivity contribution >= 4 is 17.9 Å². The van der Waals surface area contributed by atoms with Crippen molar-refractivity contribution in [1.29, 1.82) is 0 Å². The van der Waals surface area contributed by atoms with Crippen molar-refractivity contribution in [2.24, 2.45) is 0 Å². The lowest BCUT2D eigenvalue weighted by Crippen LogP contribution is -1.86. The van der Waals surface area contributed by atoms with Crippen molar-refractivity contribution in [3.8, 4) is 0 Å². The minimum absolute atomic E-state index is 0.789. The molecule has 0 aromatic carbocycles. The molecule has 176 valence electrons. The molecule has 1 aliphatic carbocycles. The summed E-state index contributed by atoms with van der Waals surface area (Å²) in [5.74, 6) is -2.79. The minimum atomic E-state index is -0.981. The quantitative estimate of drug-likeness (QED) is 0.203. The highest BCUT2D eigenvalue weighted by molar-refractivity contribution is 5.80. The number of rotatable bonds is 10. The molecular weight excluding hydrogens is 396 g/mol.